The average Bonchev–Trinajstić information content (AvgIpc) is 2.80. The monoisotopic (exact) mass is 461 g/mol. The van der Waals surface area contributed by atoms with Gasteiger partial charge in [0.25, 0.3) is 0 Å². The Hall–Kier alpha value is -4.17. The second kappa shape index (κ2) is 9.97. The molecule has 0 radical (unpaired) electrons. The van der Waals surface area contributed by atoms with Gasteiger partial charge in [-0.2, -0.15) is 0 Å². The largest absolute Gasteiger partial charge is 0.465 e. The smallest absolute Gasteiger partial charge is 0.404 e. The highest BCUT2D eigenvalue weighted by Gasteiger charge is 2.09. The molecule has 4 rings (SSSR count). The molecule has 0 spiro atoms. The summed E-state index contributed by atoms with van der Waals surface area (Å²) in [6.07, 6.45) is 5.63. The molecule has 9 heteroatoms. The number of nitrogens with one attached hydrogen (secondary N) is 2. The number of ether oxygens (including phenoxy) is 1. The average molecular weight is 462 g/mol. The third-order valence-corrected chi connectivity index (χ3v) is 4.94. The molecule has 0 aliphatic carbocycles. The molecule has 2 aromatic heterocycles. The number of hydrogen-bond acceptors (Lipinski definition) is 6. The number of aromatic nitrogens is 3. The van der Waals surface area contributed by atoms with E-state index in [1.807, 2.05) is 49.4 Å². The van der Waals surface area contributed by atoms with E-state index in [0.717, 1.165) is 27.8 Å². The predicted molar refractivity (Wildman–Crippen MR) is 128 cm³/mol. The Bertz CT molecular complexity index is 1330. The molecule has 2 aromatic carbocycles. The topological polar surface area (TPSA) is 109 Å². The number of amides is 1. The molecule has 2 heterocycles. The molecule has 0 saturated carbocycles. The van der Waals surface area contributed by atoms with Crippen molar-refractivity contribution in [1.29, 1.82) is 0 Å². The second-order valence-electron chi connectivity index (χ2n) is 7.09. The van der Waals surface area contributed by atoms with Gasteiger partial charge in [0.05, 0.1) is 16.7 Å². The molecule has 3 N–H and O–H groups in total. The van der Waals surface area contributed by atoms with Crippen LogP contribution < -0.4 is 15.4 Å². The fraction of sp³-hybridized carbons (Fsp3) is 0.0833. The van der Waals surface area contributed by atoms with Gasteiger partial charge in [-0.25, -0.2) is 14.8 Å². The zero-order chi connectivity index (χ0) is 23.2. The molecule has 33 heavy (non-hydrogen) atoms. The number of carbonyl (C=O) groups is 1. The van der Waals surface area contributed by atoms with Gasteiger partial charge in [0.2, 0.25) is 0 Å². The first kappa shape index (κ1) is 22.0. The van der Waals surface area contributed by atoms with Gasteiger partial charge in [0.1, 0.15) is 23.6 Å². The van der Waals surface area contributed by atoms with E-state index in [2.05, 4.69) is 25.6 Å². The molecule has 4 aromatic rings. The highest BCUT2D eigenvalue weighted by molar-refractivity contribution is 6.32. The molecule has 0 aliphatic heterocycles. The zero-order valence-corrected chi connectivity index (χ0v) is 18.4. The van der Waals surface area contributed by atoms with Crippen LogP contribution in [0.5, 0.6) is 11.5 Å². The number of carboxylic acid groups (broad SMARTS) is 1. The van der Waals surface area contributed by atoms with Gasteiger partial charge in [0.15, 0.2) is 0 Å². The number of anilines is 2. The maximum atomic E-state index is 10.6. The first-order chi connectivity index (χ1) is 16.0. The van der Waals surface area contributed by atoms with Crippen molar-refractivity contribution >= 4 is 46.2 Å². The summed E-state index contributed by atoms with van der Waals surface area (Å²) in [7, 11) is 0. The number of aryl methyl sites for hydroxylation is 1. The van der Waals surface area contributed by atoms with Gasteiger partial charge >= 0.3 is 6.09 Å². The number of pyridine rings is 1. The molecule has 0 fully saturated rings. The van der Waals surface area contributed by atoms with Crippen LogP contribution in [0.2, 0.25) is 5.02 Å². The normalized spacial score (nSPS) is 11.0. The van der Waals surface area contributed by atoms with Crippen molar-refractivity contribution < 1.29 is 14.6 Å². The lowest BCUT2D eigenvalue weighted by atomic mass is 10.1. The van der Waals surface area contributed by atoms with Crippen molar-refractivity contribution in [3.05, 3.63) is 83.4 Å². The van der Waals surface area contributed by atoms with Gasteiger partial charge < -0.3 is 20.5 Å². The Kier molecular flexibility index (Phi) is 6.66. The van der Waals surface area contributed by atoms with Gasteiger partial charge in [-0.15, -0.1) is 0 Å². The first-order valence-corrected chi connectivity index (χ1v) is 10.4. The van der Waals surface area contributed by atoms with E-state index in [9.17, 15) is 4.79 Å². The summed E-state index contributed by atoms with van der Waals surface area (Å²) in [5.74, 6) is 1.73. The summed E-state index contributed by atoms with van der Waals surface area (Å²) in [5.41, 5.74) is 3.30. The molecule has 0 bridgehead atoms. The van der Waals surface area contributed by atoms with Crippen molar-refractivity contribution in [1.82, 2.24) is 20.3 Å². The standard InChI is InChI=1S/C24H20ClN5O3/c1-15-4-7-18(13-27-15)33-22-9-6-17(12-20(22)25)30-23-19-11-16(3-2-10-26-24(31)32)5-8-21(19)28-14-29-23/h2-9,11-14,26H,10H2,1H3,(H,31,32)(H,28,29,30)/b3-2+. The lowest BCUT2D eigenvalue weighted by Crippen LogP contribution is -2.20. The van der Waals surface area contributed by atoms with Crippen molar-refractivity contribution in [2.45, 2.75) is 6.92 Å². The third kappa shape index (κ3) is 5.75. The van der Waals surface area contributed by atoms with Crippen molar-refractivity contribution in [2.75, 3.05) is 11.9 Å². The summed E-state index contributed by atoms with van der Waals surface area (Å²) >= 11 is 6.44. The first-order valence-electron chi connectivity index (χ1n) is 10.0. The van der Waals surface area contributed by atoms with E-state index in [-0.39, 0.29) is 6.54 Å². The second-order valence-corrected chi connectivity index (χ2v) is 7.50. The van der Waals surface area contributed by atoms with Crippen molar-refractivity contribution in [3.8, 4) is 11.5 Å². The molecule has 0 unspecified atom stereocenters. The summed E-state index contributed by atoms with van der Waals surface area (Å²) in [6, 6.07) is 14.8. The van der Waals surface area contributed by atoms with Gasteiger partial charge in [-0.3, -0.25) is 4.98 Å². The Morgan fingerprint density at radius 2 is 2.00 bits per heavy atom. The predicted octanol–water partition coefficient (Wildman–Crippen LogP) is 5.80. The summed E-state index contributed by atoms with van der Waals surface area (Å²) < 4.78 is 5.82. The Balaban J connectivity index is 1.54. The van der Waals surface area contributed by atoms with E-state index < -0.39 is 6.09 Å². The van der Waals surface area contributed by atoms with Gasteiger partial charge in [-0.05, 0) is 55.0 Å². The molecule has 0 aliphatic rings. The van der Waals surface area contributed by atoms with E-state index in [0.29, 0.717) is 22.3 Å². The highest BCUT2D eigenvalue weighted by atomic mass is 35.5. The summed E-state index contributed by atoms with van der Waals surface area (Å²) in [5, 5.41) is 15.5. The molecule has 1 amide bonds. The minimum Gasteiger partial charge on any atom is -0.465 e. The van der Waals surface area contributed by atoms with Gasteiger partial charge in [0, 0.05) is 23.3 Å². The minimum atomic E-state index is -1.07. The van der Waals surface area contributed by atoms with Crippen LogP contribution in [0.4, 0.5) is 16.3 Å². The SMILES string of the molecule is Cc1ccc(Oc2ccc(Nc3ncnc4ccc(/C=C/CNC(=O)O)cc34)cc2Cl)cn1. The van der Waals surface area contributed by atoms with E-state index in [4.69, 9.17) is 21.4 Å². The molecule has 166 valence electrons. The third-order valence-electron chi connectivity index (χ3n) is 4.65. The number of rotatable bonds is 7. The van der Waals surface area contributed by atoms with Gasteiger partial charge in [-0.1, -0.05) is 29.8 Å². The summed E-state index contributed by atoms with van der Waals surface area (Å²) in [4.78, 5) is 23.5. The van der Waals surface area contributed by atoms with Crippen LogP contribution in [-0.2, 0) is 0 Å². The Morgan fingerprint density at radius 3 is 2.76 bits per heavy atom. The maximum Gasteiger partial charge on any atom is 0.404 e. The van der Waals surface area contributed by atoms with Crippen molar-refractivity contribution in [3.63, 3.8) is 0 Å². The van der Waals surface area contributed by atoms with Crippen LogP contribution in [0, 0.1) is 6.92 Å². The van der Waals surface area contributed by atoms with E-state index >= 15 is 0 Å². The highest BCUT2D eigenvalue weighted by Crippen LogP contribution is 2.33. The zero-order valence-electron chi connectivity index (χ0n) is 17.6. The Labute approximate surface area is 194 Å². The van der Waals surface area contributed by atoms with E-state index in [1.165, 1.54) is 6.33 Å². The van der Waals surface area contributed by atoms with E-state index in [1.54, 1.807) is 24.4 Å². The maximum absolute atomic E-state index is 10.6. The fourth-order valence-electron chi connectivity index (χ4n) is 3.06. The van der Waals surface area contributed by atoms with Crippen LogP contribution >= 0.6 is 11.6 Å². The Morgan fingerprint density at radius 1 is 1.12 bits per heavy atom. The lowest BCUT2D eigenvalue weighted by molar-refractivity contribution is 0.195. The number of halogens is 1. The number of hydrogen-bond donors (Lipinski definition) is 3. The number of nitrogens with zero attached hydrogens (tertiary/aromatic N) is 3. The number of benzene rings is 2. The number of fused-ring (bicyclic) bond motifs is 1. The van der Waals surface area contributed by atoms with Crippen molar-refractivity contribution in [2.24, 2.45) is 0 Å². The lowest BCUT2D eigenvalue weighted by Gasteiger charge is -2.12. The molecular formula is C24H20ClN5O3. The fourth-order valence-corrected chi connectivity index (χ4v) is 3.28. The minimum absolute atomic E-state index is 0.218. The van der Waals surface area contributed by atoms with Crippen LogP contribution in [0.15, 0.2) is 67.1 Å². The van der Waals surface area contributed by atoms with Crippen LogP contribution in [-0.4, -0.2) is 32.7 Å². The molecule has 8 nitrogen and oxygen atoms in total. The molecular weight excluding hydrogens is 442 g/mol. The quantitative estimate of drug-likeness (QED) is 0.319. The van der Waals surface area contributed by atoms with Crippen LogP contribution in [0.3, 0.4) is 0 Å². The molecule has 0 atom stereocenters. The summed E-state index contributed by atoms with van der Waals surface area (Å²) in [6.45, 7) is 2.12. The van der Waals surface area contributed by atoms with Crippen LogP contribution in [0.25, 0.3) is 17.0 Å². The van der Waals surface area contributed by atoms with Crippen LogP contribution in [0.1, 0.15) is 11.3 Å². The molecule has 0 saturated heterocycles.